The normalized spacial score (nSPS) is 14.4. The molecule has 2 nitrogen and oxygen atoms in total. The zero-order chi connectivity index (χ0) is 12.8. The summed E-state index contributed by atoms with van der Waals surface area (Å²) >= 11 is 3.50. The lowest BCUT2D eigenvalue weighted by Gasteiger charge is -2.20. The van der Waals surface area contributed by atoms with Crippen molar-refractivity contribution < 1.29 is 4.74 Å². The van der Waals surface area contributed by atoms with Crippen molar-refractivity contribution in [3.8, 4) is 5.75 Å². The van der Waals surface area contributed by atoms with E-state index in [1.165, 1.54) is 5.56 Å². The van der Waals surface area contributed by atoms with Gasteiger partial charge in [0.1, 0.15) is 5.75 Å². The quantitative estimate of drug-likeness (QED) is 0.846. The number of benzene rings is 1. The summed E-state index contributed by atoms with van der Waals surface area (Å²) in [5, 5.41) is 3.42. The molecule has 0 saturated heterocycles. The Kier molecular flexibility index (Phi) is 6.00. The van der Waals surface area contributed by atoms with E-state index in [2.05, 4.69) is 67.1 Å². The number of hydrogen-bond acceptors (Lipinski definition) is 2. The molecular weight excluding hydrogens is 278 g/mol. The number of hydrogen-bond donors (Lipinski definition) is 1. The van der Waals surface area contributed by atoms with Gasteiger partial charge in [-0.1, -0.05) is 35.8 Å². The minimum atomic E-state index is 0.247. The SMILES string of the molecule is CCNC(C)c1ccc(Br)cc1OC(C)CC. The lowest BCUT2D eigenvalue weighted by atomic mass is 10.1. The molecule has 17 heavy (non-hydrogen) atoms. The van der Waals surface area contributed by atoms with E-state index in [4.69, 9.17) is 4.74 Å². The van der Waals surface area contributed by atoms with Crippen molar-refractivity contribution in [3.63, 3.8) is 0 Å². The molecule has 0 heterocycles. The van der Waals surface area contributed by atoms with Crippen molar-refractivity contribution >= 4 is 15.9 Å². The zero-order valence-corrected chi connectivity index (χ0v) is 12.7. The summed E-state index contributed by atoms with van der Waals surface area (Å²) in [6.07, 6.45) is 1.26. The van der Waals surface area contributed by atoms with Crippen molar-refractivity contribution in [1.29, 1.82) is 0 Å². The van der Waals surface area contributed by atoms with Crippen molar-refractivity contribution in [1.82, 2.24) is 5.32 Å². The monoisotopic (exact) mass is 299 g/mol. The molecule has 0 bridgehead atoms. The first-order valence-electron chi connectivity index (χ1n) is 6.27. The molecule has 0 saturated carbocycles. The van der Waals surface area contributed by atoms with E-state index in [-0.39, 0.29) is 6.10 Å². The molecule has 0 aliphatic heterocycles. The highest BCUT2D eigenvalue weighted by Crippen LogP contribution is 2.29. The Balaban J connectivity index is 2.94. The molecule has 0 fully saturated rings. The van der Waals surface area contributed by atoms with E-state index in [1.807, 2.05) is 0 Å². The lowest BCUT2D eigenvalue weighted by molar-refractivity contribution is 0.213. The maximum Gasteiger partial charge on any atom is 0.125 e. The van der Waals surface area contributed by atoms with Gasteiger partial charge in [0.05, 0.1) is 6.10 Å². The smallest absolute Gasteiger partial charge is 0.125 e. The van der Waals surface area contributed by atoms with E-state index >= 15 is 0 Å². The molecule has 0 aliphatic carbocycles. The molecular formula is C14H22BrNO. The van der Waals surface area contributed by atoms with Gasteiger partial charge < -0.3 is 10.1 Å². The van der Waals surface area contributed by atoms with Crippen molar-refractivity contribution in [2.75, 3.05) is 6.54 Å². The number of rotatable bonds is 6. The average Bonchev–Trinajstić information content (AvgIpc) is 2.29. The Morgan fingerprint density at radius 1 is 1.29 bits per heavy atom. The van der Waals surface area contributed by atoms with Gasteiger partial charge in [0.25, 0.3) is 0 Å². The molecule has 0 amide bonds. The molecule has 0 spiro atoms. The molecule has 1 rings (SSSR count). The predicted octanol–water partition coefficient (Wildman–Crippen LogP) is 4.30. The maximum atomic E-state index is 5.97. The fourth-order valence-electron chi connectivity index (χ4n) is 1.68. The van der Waals surface area contributed by atoms with E-state index in [0.717, 1.165) is 23.2 Å². The molecule has 0 aromatic heterocycles. The third kappa shape index (κ3) is 4.32. The third-order valence-electron chi connectivity index (χ3n) is 2.86. The van der Waals surface area contributed by atoms with Crippen LogP contribution in [0.15, 0.2) is 22.7 Å². The summed E-state index contributed by atoms with van der Waals surface area (Å²) in [6, 6.07) is 6.55. The summed E-state index contributed by atoms with van der Waals surface area (Å²) in [5.41, 5.74) is 1.22. The van der Waals surface area contributed by atoms with Gasteiger partial charge in [-0.3, -0.25) is 0 Å². The van der Waals surface area contributed by atoms with Crippen LogP contribution < -0.4 is 10.1 Å². The molecule has 1 aromatic rings. The largest absolute Gasteiger partial charge is 0.490 e. The summed E-state index contributed by atoms with van der Waals surface area (Å²) in [5.74, 6) is 0.974. The number of halogens is 1. The van der Waals surface area contributed by atoms with Crippen LogP contribution in [-0.4, -0.2) is 12.6 Å². The van der Waals surface area contributed by atoms with Gasteiger partial charge in [0.15, 0.2) is 0 Å². The third-order valence-corrected chi connectivity index (χ3v) is 3.35. The van der Waals surface area contributed by atoms with Crippen LogP contribution >= 0.6 is 15.9 Å². The highest BCUT2D eigenvalue weighted by atomic mass is 79.9. The van der Waals surface area contributed by atoms with Crippen molar-refractivity contribution in [3.05, 3.63) is 28.2 Å². The second kappa shape index (κ2) is 7.02. The van der Waals surface area contributed by atoms with Crippen LogP contribution in [0.5, 0.6) is 5.75 Å². The van der Waals surface area contributed by atoms with E-state index in [0.29, 0.717) is 6.04 Å². The van der Waals surface area contributed by atoms with Gasteiger partial charge in [0, 0.05) is 16.1 Å². The first-order valence-corrected chi connectivity index (χ1v) is 7.07. The van der Waals surface area contributed by atoms with Gasteiger partial charge in [-0.05, 0) is 38.9 Å². The Morgan fingerprint density at radius 3 is 2.59 bits per heavy atom. The standard InChI is InChI=1S/C14H22BrNO/c1-5-10(3)17-14-9-12(15)7-8-13(14)11(4)16-6-2/h7-11,16H,5-6H2,1-4H3. The molecule has 1 N–H and O–H groups in total. The Morgan fingerprint density at radius 2 is 2.00 bits per heavy atom. The highest BCUT2D eigenvalue weighted by molar-refractivity contribution is 9.10. The molecule has 0 radical (unpaired) electrons. The maximum absolute atomic E-state index is 5.97. The summed E-state index contributed by atoms with van der Waals surface area (Å²) in [7, 11) is 0. The number of nitrogens with one attached hydrogen (secondary N) is 1. The zero-order valence-electron chi connectivity index (χ0n) is 11.1. The molecule has 0 aliphatic rings. The average molecular weight is 300 g/mol. The topological polar surface area (TPSA) is 21.3 Å². The fraction of sp³-hybridized carbons (Fsp3) is 0.571. The number of ether oxygens (including phenoxy) is 1. The van der Waals surface area contributed by atoms with Crippen LogP contribution in [0.3, 0.4) is 0 Å². The van der Waals surface area contributed by atoms with Crippen molar-refractivity contribution in [2.24, 2.45) is 0 Å². The summed E-state index contributed by atoms with van der Waals surface area (Å²) in [4.78, 5) is 0. The van der Waals surface area contributed by atoms with Gasteiger partial charge in [-0.15, -0.1) is 0 Å². The van der Waals surface area contributed by atoms with Gasteiger partial charge in [0.2, 0.25) is 0 Å². The Bertz CT molecular complexity index is 354. The van der Waals surface area contributed by atoms with E-state index in [9.17, 15) is 0 Å². The van der Waals surface area contributed by atoms with E-state index in [1.54, 1.807) is 0 Å². The predicted molar refractivity (Wildman–Crippen MR) is 76.6 cm³/mol. The van der Waals surface area contributed by atoms with Crippen LogP contribution in [0.25, 0.3) is 0 Å². The molecule has 1 aromatic carbocycles. The lowest BCUT2D eigenvalue weighted by Crippen LogP contribution is -2.20. The van der Waals surface area contributed by atoms with Gasteiger partial charge in [-0.25, -0.2) is 0 Å². The minimum Gasteiger partial charge on any atom is -0.490 e. The minimum absolute atomic E-state index is 0.247. The highest BCUT2D eigenvalue weighted by Gasteiger charge is 2.13. The van der Waals surface area contributed by atoms with Crippen LogP contribution in [0.4, 0.5) is 0 Å². The van der Waals surface area contributed by atoms with Crippen LogP contribution in [-0.2, 0) is 0 Å². The molecule has 96 valence electrons. The Labute approximate surface area is 113 Å². The summed E-state index contributed by atoms with van der Waals surface area (Å²) in [6.45, 7) is 9.47. The second-order valence-corrected chi connectivity index (χ2v) is 5.21. The summed E-state index contributed by atoms with van der Waals surface area (Å²) < 4.78 is 7.03. The van der Waals surface area contributed by atoms with Crippen LogP contribution in [0.2, 0.25) is 0 Å². The second-order valence-electron chi connectivity index (χ2n) is 4.30. The Hall–Kier alpha value is -0.540. The fourth-order valence-corrected chi connectivity index (χ4v) is 2.02. The molecule has 2 atom stereocenters. The molecule has 2 unspecified atom stereocenters. The first-order chi connectivity index (χ1) is 8.08. The van der Waals surface area contributed by atoms with Crippen LogP contribution in [0, 0.1) is 0 Å². The van der Waals surface area contributed by atoms with Gasteiger partial charge >= 0.3 is 0 Å². The van der Waals surface area contributed by atoms with Crippen LogP contribution in [0.1, 0.15) is 45.7 Å². The first kappa shape index (κ1) is 14.5. The van der Waals surface area contributed by atoms with E-state index < -0.39 is 0 Å². The molecule has 3 heteroatoms. The van der Waals surface area contributed by atoms with Crippen molar-refractivity contribution in [2.45, 2.75) is 46.3 Å². The van der Waals surface area contributed by atoms with Gasteiger partial charge in [-0.2, -0.15) is 0 Å².